The lowest BCUT2D eigenvalue weighted by atomic mass is 9.96. The zero-order chi connectivity index (χ0) is 15.8. The number of hydrogen-bond donors (Lipinski definition) is 2. The molecule has 1 amide bonds. The van der Waals surface area contributed by atoms with Crippen LogP contribution in [0, 0.1) is 11.8 Å². The number of carboxylic acids is 1. The molecule has 5 nitrogen and oxygen atoms in total. The van der Waals surface area contributed by atoms with Gasteiger partial charge in [0.2, 0.25) is 0 Å². The first-order valence-corrected chi connectivity index (χ1v) is 7.19. The third-order valence-electron chi connectivity index (χ3n) is 3.17. The van der Waals surface area contributed by atoms with Crippen molar-refractivity contribution in [2.24, 2.45) is 11.8 Å². The van der Waals surface area contributed by atoms with Crippen molar-refractivity contribution in [3.63, 3.8) is 0 Å². The molecule has 0 fully saturated rings. The summed E-state index contributed by atoms with van der Waals surface area (Å²) in [7, 11) is 0. The first-order chi connectivity index (χ1) is 9.95. The van der Waals surface area contributed by atoms with Crippen LogP contribution in [-0.2, 0) is 4.79 Å². The second kappa shape index (κ2) is 8.29. The Morgan fingerprint density at radius 1 is 1.33 bits per heavy atom. The molecule has 0 heterocycles. The Kier molecular flexibility index (Phi) is 6.72. The second-order valence-corrected chi connectivity index (χ2v) is 5.28. The lowest BCUT2D eigenvalue weighted by molar-refractivity contribution is -0.142. The minimum atomic E-state index is -0.898. The van der Waals surface area contributed by atoms with Crippen LogP contribution in [0.2, 0.25) is 0 Å². The maximum Gasteiger partial charge on any atom is 0.308 e. The van der Waals surface area contributed by atoms with Crippen LogP contribution in [0.25, 0.3) is 0 Å². The maximum atomic E-state index is 12.1. The number of amides is 1. The summed E-state index contributed by atoms with van der Waals surface area (Å²) < 4.78 is 5.47. The lowest BCUT2D eigenvalue weighted by Crippen LogP contribution is -2.35. The third kappa shape index (κ3) is 5.45. The highest BCUT2D eigenvalue weighted by atomic mass is 16.5. The molecule has 1 rings (SSSR count). The molecule has 21 heavy (non-hydrogen) atoms. The van der Waals surface area contributed by atoms with Crippen molar-refractivity contribution in [1.82, 2.24) is 5.32 Å². The number of benzene rings is 1. The van der Waals surface area contributed by atoms with Crippen LogP contribution >= 0.6 is 0 Å². The third-order valence-corrected chi connectivity index (χ3v) is 3.17. The summed E-state index contributed by atoms with van der Waals surface area (Å²) in [6.45, 7) is 6.37. The molecule has 5 heteroatoms. The number of carboxylic acid groups (broad SMARTS) is 1. The summed E-state index contributed by atoms with van der Waals surface area (Å²) in [6, 6.07) is 6.88. The van der Waals surface area contributed by atoms with Crippen LogP contribution in [0.4, 0.5) is 0 Å². The van der Waals surface area contributed by atoms with Gasteiger partial charge in [-0.2, -0.15) is 0 Å². The molecule has 1 aromatic carbocycles. The summed E-state index contributed by atoms with van der Waals surface area (Å²) in [4.78, 5) is 23.2. The Bertz CT molecular complexity index is 485. The molecular formula is C16H23NO4. The van der Waals surface area contributed by atoms with E-state index in [2.05, 4.69) is 5.32 Å². The van der Waals surface area contributed by atoms with Crippen molar-refractivity contribution in [3.05, 3.63) is 29.8 Å². The highest BCUT2D eigenvalue weighted by molar-refractivity contribution is 5.94. The fourth-order valence-corrected chi connectivity index (χ4v) is 1.86. The molecular weight excluding hydrogens is 270 g/mol. The number of aliphatic carboxylic acids is 1. The van der Waals surface area contributed by atoms with Crippen LogP contribution in [0.15, 0.2) is 24.3 Å². The van der Waals surface area contributed by atoms with E-state index >= 15 is 0 Å². The van der Waals surface area contributed by atoms with Crippen LogP contribution < -0.4 is 10.1 Å². The van der Waals surface area contributed by atoms with E-state index in [1.807, 2.05) is 20.8 Å². The summed E-state index contributed by atoms with van der Waals surface area (Å²) in [5, 5.41) is 11.8. The molecule has 0 saturated carbocycles. The number of hydrogen-bond acceptors (Lipinski definition) is 3. The molecule has 116 valence electrons. The van der Waals surface area contributed by atoms with Crippen molar-refractivity contribution >= 4 is 11.9 Å². The lowest BCUT2D eigenvalue weighted by Gasteiger charge is -2.16. The van der Waals surface area contributed by atoms with E-state index in [9.17, 15) is 9.59 Å². The maximum absolute atomic E-state index is 12.1. The molecule has 1 atom stereocenters. The molecule has 0 saturated heterocycles. The summed E-state index contributed by atoms with van der Waals surface area (Å²) in [6.07, 6.45) is 0.894. The minimum absolute atomic E-state index is 0.0398. The molecule has 0 aliphatic rings. The average Bonchev–Trinajstić information content (AvgIpc) is 2.44. The van der Waals surface area contributed by atoms with Gasteiger partial charge in [0.15, 0.2) is 0 Å². The number of nitrogens with one attached hydrogen (secondary N) is 1. The van der Waals surface area contributed by atoms with Crippen LogP contribution in [0.3, 0.4) is 0 Å². The van der Waals surface area contributed by atoms with E-state index in [4.69, 9.17) is 9.84 Å². The van der Waals surface area contributed by atoms with E-state index in [0.29, 0.717) is 17.9 Å². The molecule has 2 N–H and O–H groups in total. The number of carbonyl (C=O) groups excluding carboxylic acids is 1. The van der Waals surface area contributed by atoms with Gasteiger partial charge in [-0.1, -0.05) is 26.8 Å². The number of ether oxygens (including phenoxy) is 1. The number of rotatable bonds is 8. The Morgan fingerprint density at radius 2 is 2.05 bits per heavy atom. The van der Waals surface area contributed by atoms with Crippen LogP contribution in [0.1, 0.15) is 37.6 Å². The Labute approximate surface area is 125 Å². The Morgan fingerprint density at radius 3 is 2.62 bits per heavy atom. The highest BCUT2D eigenvalue weighted by Gasteiger charge is 2.22. The van der Waals surface area contributed by atoms with Gasteiger partial charge in [0, 0.05) is 12.1 Å². The smallest absolute Gasteiger partial charge is 0.308 e. The van der Waals surface area contributed by atoms with Gasteiger partial charge in [-0.05, 0) is 30.5 Å². The molecule has 0 spiro atoms. The van der Waals surface area contributed by atoms with Crippen molar-refractivity contribution in [3.8, 4) is 5.75 Å². The van der Waals surface area contributed by atoms with Crippen LogP contribution in [-0.4, -0.2) is 30.1 Å². The van der Waals surface area contributed by atoms with E-state index in [1.54, 1.807) is 24.3 Å². The van der Waals surface area contributed by atoms with E-state index in [1.165, 1.54) is 0 Å². The first-order valence-electron chi connectivity index (χ1n) is 7.19. The normalized spacial score (nSPS) is 12.0. The van der Waals surface area contributed by atoms with E-state index in [0.717, 1.165) is 6.42 Å². The zero-order valence-corrected chi connectivity index (χ0v) is 12.8. The Hall–Kier alpha value is -2.04. The fraction of sp³-hybridized carbons (Fsp3) is 0.500. The second-order valence-electron chi connectivity index (χ2n) is 5.28. The van der Waals surface area contributed by atoms with Gasteiger partial charge < -0.3 is 15.2 Å². The van der Waals surface area contributed by atoms with E-state index < -0.39 is 11.9 Å². The monoisotopic (exact) mass is 293 g/mol. The van der Waals surface area contributed by atoms with Gasteiger partial charge >= 0.3 is 5.97 Å². The summed E-state index contributed by atoms with van der Waals surface area (Å²) >= 11 is 0. The molecule has 1 aromatic rings. The van der Waals surface area contributed by atoms with Gasteiger partial charge in [-0.3, -0.25) is 9.59 Å². The molecule has 0 bridgehead atoms. The predicted molar refractivity (Wildman–Crippen MR) is 80.5 cm³/mol. The van der Waals surface area contributed by atoms with Gasteiger partial charge in [-0.15, -0.1) is 0 Å². The summed E-state index contributed by atoms with van der Waals surface area (Å²) in [5.41, 5.74) is 0.469. The predicted octanol–water partition coefficient (Wildman–Crippen LogP) is 2.56. The van der Waals surface area contributed by atoms with Crippen LogP contribution in [0.5, 0.6) is 5.75 Å². The van der Waals surface area contributed by atoms with E-state index in [-0.39, 0.29) is 18.4 Å². The average molecular weight is 293 g/mol. The van der Waals surface area contributed by atoms with Crippen molar-refractivity contribution in [2.75, 3.05) is 13.2 Å². The summed E-state index contributed by atoms with van der Waals surface area (Å²) in [5.74, 6) is -1.17. The fourth-order valence-electron chi connectivity index (χ4n) is 1.86. The largest absolute Gasteiger partial charge is 0.494 e. The quantitative estimate of drug-likeness (QED) is 0.772. The zero-order valence-electron chi connectivity index (χ0n) is 12.8. The van der Waals surface area contributed by atoms with Gasteiger partial charge in [-0.25, -0.2) is 0 Å². The van der Waals surface area contributed by atoms with Crippen molar-refractivity contribution in [1.29, 1.82) is 0 Å². The van der Waals surface area contributed by atoms with Crippen molar-refractivity contribution in [2.45, 2.75) is 27.2 Å². The van der Waals surface area contributed by atoms with Gasteiger partial charge in [0.1, 0.15) is 5.75 Å². The SMILES string of the molecule is CCCOc1cccc(C(=O)NCC(C(=O)O)C(C)C)c1. The molecule has 1 unspecified atom stereocenters. The van der Waals surface area contributed by atoms with Gasteiger partial charge in [0.25, 0.3) is 5.91 Å². The van der Waals surface area contributed by atoms with Crippen molar-refractivity contribution < 1.29 is 19.4 Å². The molecule has 0 radical (unpaired) electrons. The highest BCUT2D eigenvalue weighted by Crippen LogP contribution is 2.14. The van der Waals surface area contributed by atoms with Gasteiger partial charge in [0.05, 0.1) is 12.5 Å². The topological polar surface area (TPSA) is 75.6 Å². The molecule has 0 aromatic heterocycles. The first kappa shape index (κ1) is 17.0. The minimum Gasteiger partial charge on any atom is -0.494 e. The Balaban J connectivity index is 2.64. The standard InChI is InChI=1S/C16H23NO4/c1-4-8-21-13-7-5-6-12(9-13)15(18)17-10-14(11(2)3)16(19)20/h5-7,9,11,14H,4,8,10H2,1-3H3,(H,17,18)(H,19,20). The molecule has 0 aliphatic heterocycles. The molecule has 0 aliphatic carbocycles. The number of carbonyl (C=O) groups is 2.